The summed E-state index contributed by atoms with van der Waals surface area (Å²) in [5, 5.41) is 7.72. The Hall–Kier alpha value is -1.33. The normalized spacial score (nSPS) is 9.79. The molecular weight excluding hydrogens is 204 g/mol. The summed E-state index contributed by atoms with van der Waals surface area (Å²) in [5.74, 6) is 1.08. The summed E-state index contributed by atoms with van der Waals surface area (Å²) in [6, 6.07) is 3.75. The lowest BCUT2D eigenvalue weighted by Gasteiger charge is -1.87. The fourth-order valence-corrected chi connectivity index (χ4v) is 1.05. The Morgan fingerprint density at radius 3 is 2.93 bits per heavy atom. The molecule has 0 amide bonds. The number of rotatable bonds is 3. The molecule has 0 aliphatic heterocycles. The van der Waals surface area contributed by atoms with Crippen molar-refractivity contribution < 1.29 is 4.42 Å². The molecule has 2 aromatic rings. The van der Waals surface area contributed by atoms with Gasteiger partial charge in [0.15, 0.2) is 0 Å². The molecule has 0 spiro atoms. The molecule has 0 fully saturated rings. The van der Waals surface area contributed by atoms with Gasteiger partial charge in [-0.3, -0.25) is 0 Å². The number of aromatic amines is 1. The highest BCUT2D eigenvalue weighted by molar-refractivity contribution is 5.85. The molecule has 2 heterocycles. The predicted octanol–water partition coefficient (Wildman–Crippen LogP) is 0.988. The van der Waals surface area contributed by atoms with Crippen LogP contribution in [-0.4, -0.2) is 21.7 Å². The number of nitrogens with zero attached hydrogens (tertiary/aromatic N) is 2. The van der Waals surface area contributed by atoms with Crippen molar-refractivity contribution in [2.75, 3.05) is 6.54 Å². The van der Waals surface area contributed by atoms with Gasteiger partial charge in [0.25, 0.3) is 5.89 Å². The molecule has 2 rings (SSSR count). The number of hydrogen-bond acceptors (Lipinski definition) is 4. The van der Waals surface area contributed by atoms with Crippen LogP contribution in [0.3, 0.4) is 0 Å². The van der Waals surface area contributed by atoms with E-state index in [9.17, 15) is 0 Å². The van der Waals surface area contributed by atoms with E-state index in [1.165, 1.54) is 0 Å². The van der Waals surface area contributed by atoms with Crippen LogP contribution < -0.4 is 5.73 Å². The highest BCUT2D eigenvalue weighted by Crippen LogP contribution is 2.14. The summed E-state index contributed by atoms with van der Waals surface area (Å²) in [6.07, 6.45) is 2.43. The maximum atomic E-state index is 5.35. The van der Waals surface area contributed by atoms with Gasteiger partial charge in [-0.15, -0.1) is 22.6 Å². The van der Waals surface area contributed by atoms with Gasteiger partial charge < -0.3 is 15.1 Å². The second kappa shape index (κ2) is 4.78. The molecule has 14 heavy (non-hydrogen) atoms. The molecule has 3 N–H and O–H groups in total. The molecule has 0 unspecified atom stereocenters. The number of hydrogen-bond donors (Lipinski definition) is 2. The molecule has 0 atom stereocenters. The van der Waals surface area contributed by atoms with E-state index in [0.717, 1.165) is 5.69 Å². The minimum Gasteiger partial charge on any atom is -0.419 e. The van der Waals surface area contributed by atoms with Crippen LogP contribution in [0.4, 0.5) is 0 Å². The van der Waals surface area contributed by atoms with E-state index >= 15 is 0 Å². The third kappa shape index (κ3) is 2.12. The molecule has 5 nitrogen and oxygen atoms in total. The maximum absolute atomic E-state index is 5.35. The third-order valence-corrected chi connectivity index (χ3v) is 1.65. The number of H-pyrrole nitrogens is 1. The molecule has 0 aliphatic rings. The van der Waals surface area contributed by atoms with Crippen molar-refractivity contribution in [3.8, 4) is 11.6 Å². The van der Waals surface area contributed by atoms with Crippen molar-refractivity contribution in [3.63, 3.8) is 0 Å². The molecule has 0 radical (unpaired) electrons. The van der Waals surface area contributed by atoms with E-state index < -0.39 is 0 Å². The average Bonchev–Trinajstić information content (AvgIpc) is 2.70. The average molecular weight is 215 g/mol. The van der Waals surface area contributed by atoms with Gasteiger partial charge in [0, 0.05) is 19.2 Å². The lowest BCUT2D eigenvalue weighted by atomic mass is 10.4. The van der Waals surface area contributed by atoms with Gasteiger partial charge >= 0.3 is 0 Å². The minimum atomic E-state index is 0. The van der Waals surface area contributed by atoms with Crippen LogP contribution in [-0.2, 0) is 6.42 Å². The Kier molecular flexibility index (Phi) is 3.67. The van der Waals surface area contributed by atoms with Crippen molar-refractivity contribution in [1.29, 1.82) is 0 Å². The molecule has 0 saturated heterocycles. The number of nitrogens with one attached hydrogen (secondary N) is 1. The Balaban J connectivity index is 0.000000980. The SMILES string of the molecule is Cl.NCCc1nnc(-c2ccc[nH]2)o1. The topological polar surface area (TPSA) is 80.7 Å². The van der Waals surface area contributed by atoms with Gasteiger partial charge in [0.1, 0.15) is 5.69 Å². The molecule has 0 aromatic carbocycles. The summed E-state index contributed by atoms with van der Waals surface area (Å²) < 4.78 is 5.33. The maximum Gasteiger partial charge on any atom is 0.264 e. The third-order valence-electron chi connectivity index (χ3n) is 1.65. The van der Waals surface area contributed by atoms with Crippen molar-refractivity contribution in [3.05, 3.63) is 24.2 Å². The van der Waals surface area contributed by atoms with Crippen LogP contribution >= 0.6 is 12.4 Å². The molecule has 0 aliphatic carbocycles. The largest absolute Gasteiger partial charge is 0.419 e. The quantitative estimate of drug-likeness (QED) is 0.799. The molecule has 0 saturated carbocycles. The van der Waals surface area contributed by atoms with Gasteiger partial charge in [0.2, 0.25) is 5.89 Å². The van der Waals surface area contributed by atoms with Gasteiger partial charge in [0.05, 0.1) is 0 Å². The van der Waals surface area contributed by atoms with Crippen LogP contribution in [0.1, 0.15) is 5.89 Å². The summed E-state index contributed by atoms with van der Waals surface area (Å²) in [6.45, 7) is 0.520. The Morgan fingerprint density at radius 1 is 1.43 bits per heavy atom. The first kappa shape index (κ1) is 10.7. The number of aromatic nitrogens is 3. The van der Waals surface area contributed by atoms with Gasteiger partial charge in [-0.05, 0) is 12.1 Å². The van der Waals surface area contributed by atoms with E-state index in [1.807, 2.05) is 18.3 Å². The number of nitrogens with two attached hydrogens (primary N) is 1. The molecule has 6 heteroatoms. The molecular formula is C8H11ClN4O. The van der Waals surface area contributed by atoms with Crippen LogP contribution in [0.25, 0.3) is 11.6 Å². The van der Waals surface area contributed by atoms with Gasteiger partial charge in [-0.1, -0.05) is 0 Å². The highest BCUT2D eigenvalue weighted by atomic mass is 35.5. The smallest absolute Gasteiger partial charge is 0.264 e. The first-order chi connectivity index (χ1) is 6.40. The molecule has 2 aromatic heterocycles. The fraction of sp³-hybridized carbons (Fsp3) is 0.250. The van der Waals surface area contributed by atoms with E-state index in [-0.39, 0.29) is 12.4 Å². The first-order valence-electron chi connectivity index (χ1n) is 4.06. The van der Waals surface area contributed by atoms with Gasteiger partial charge in [-0.25, -0.2) is 0 Å². The van der Waals surface area contributed by atoms with E-state index in [4.69, 9.17) is 10.2 Å². The predicted molar refractivity (Wildman–Crippen MR) is 54.1 cm³/mol. The summed E-state index contributed by atoms with van der Waals surface area (Å²) in [4.78, 5) is 2.98. The highest BCUT2D eigenvalue weighted by Gasteiger charge is 2.07. The summed E-state index contributed by atoms with van der Waals surface area (Å²) in [7, 11) is 0. The summed E-state index contributed by atoms with van der Waals surface area (Å²) in [5.41, 5.74) is 6.18. The zero-order valence-corrected chi connectivity index (χ0v) is 8.25. The van der Waals surface area contributed by atoms with E-state index in [0.29, 0.717) is 24.7 Å². The Bertz CT molecular complexity index is 370. The zero-order chi connectivity index (χ0) is 9.10. The van der Waals surface area contributed by atoms with E-state index in [1.54, 1.807) is 0 Å². The Morgan fingerprint density at radius 2 is 2.29 bits per heavy atom. The van der Waals surface area contributed by atoms with Crippen LogP contribution in [0, 0.1) is 0 Å². The zero-order valence-electron chi connectivity index (χ0n) is 7.43. The second-order valence-electron chi connectivity index (χ2n) is 2.62. The number of halogens is 1. The van der Waals surface area contributed by atoms with Crippen molar-refractivity contribution in [2.24, 2.45) is 5.73 Å². The molecule has 76 valence electrons. The van der Waals surface area contributed by atoms with Crippen LogP contribution in [0.15, 0.2) is 22.7 Å². The van der Waals surface area contributed by atoms with Gasteiger partial charge in [-0.2, -0.15) is 0 Å². The monoisotopic (exact) mass is 214 g/mol. The standard InChI is InChI=1S/C8H10N4O.ClH/c9-4-3-7-11-12-8(13-7)6-2-1-5-10-6;/h1-2,5,10H,3-4,9H2;1H. The first-order valence-corrected chi connectivity index (χ1v) is 4.06. The fourth-order valence-electron chi connectivity index (χ4n) is 1.05. The van der Waals surface area contributed by atoms with Crippen LogP contribution in [0.5, 0.6) is 0 Å². The Labute approximate surface area is 87.1 Å². The minimum absolute atomic E-state index is 0. The van der Waals surface area contributed by atoms with Crippen molar-refractivity contribution in [2.45, 2.75) is 6.42 Å². The van der Waals surface area contributed by atoms with Crippen molar-refractivity contribution in [1.82, 2.24) is 15.2 Å². The molecule has 0 bridgehead atoms. The summed E-state index contributed by atoms with van der Waals surface area (Å²) >= 11 is 0. The van der Waals surface area contributed by atoms with Crippen molar-refractivity contribution >= 4 is 12.4 Å². The van der Waals surface area contributed by atoms with E-state index in [2.05, 4.69) is 15.2 Å². The lowest BCUT2D eigenvalue weighted by Crippen LogP contribution is -2.02. The second-order valence-corrected chi connectivity index (χ2v) is 2.62. The van der Waals surface area contributed by atoms with Crippen LogP contribution in [0.2, 0.25) is 0 Å². The lowest BCUT2D eigenvalue weighted by molar-refractivity contribution is 0.506.